The number of hydrogen-bond donors (Lipinski definition) is 1. The van der Waals surface area contributed by atoms with Crippen molar-refractivity contribution in [3.8, 4) is 0 Å². The van der Waals surface area contributed by atoms with Gasteiger partial charge in [0, 0.05) is 19.6 Å². The largest absolute Gasteiger partial charge is 0.364 e. The van der Waals surface area contributed by atoms with Crippen molar-refractivity contribution in [2.24, 2.45) is 5.73 Å². The summed E-state index contributed by atoms with van der Waals surface area (Å²) >= 11 is 0. The van der Waals surface area contributed by atoms with E-state index in [0.717, 1.165) is 12.0 Å². The lowest BCUT2D eigenvalue weighted by atomic mass is 10.1. The molecule has 20 heavy (non-hydrogen) atoms. The van der Waals surface area contributed by atoms with Crippen LogP contribution in [0.25, 0.3) is 0 Å². The molecule has 0 aliphatic carbocycles. The Balaban J connectivity index is 1.99. The molecule has 0 spiro atoms. The van der Waals surface area contributed by atoms with Crippen molar-refractivity contribution >= 4 is 5.91 Å². The van der Waals surface area contributed by atoms with Gasteiger partial charge in [0.15, 0.2) is 0 Å². The highest BCUT2D eigenvalue weighted by Crippen LogP contribution is 2.21. The van der Waals surface area contributed by atoms with Crippen LogP contribution in [0, 0.1) is 5.82 Å². The third-order valence-electron chi connectivity index (χ3n) is 3.60. The van der Waals surface area contributed by atoms with E-state index in [1.807, 2.05) is 13.0 Å². The van der Waals surface area contributed by atoms with Gasteiger partial charge in [-0.05, 0) is 37.5 Å². The first-order chi connectivity index (χ1) is 9.63. The molecule has 1 saturated heterocycles. The first-order valence-corrected chi connectivity index (χ1v) is 7.02. The molecule has 2 atom stereocenters. The Labute approximate surface area is 118 Å². The van der Waals surface area contributed by atoms with Crippen molar-refractivity contribution in [1.29, 1.82) is 0 Å². The second-order valence-corrected chi connectivity index (χ2v) is 5.04. The Morgan fingerprint density at radius 3 is 2.90 bits per heavy atom. The monoisotopic (exact) mass is 280 g/mol. The topological polar surface area (TPSA) is 55.6 Å². The van der Waals surface area contributed by atoms with Gasteiger partial charge in [-0.15, -0.1) is 0 Å². The van der Waals surface area contributed by atoms with Gasteiger partial charge in [-0.25, -0.2) is 4.39 Å². The molecule has 5 heteroatoms. The van der Waals surface area contributed by atoms with Gasteiger partial charge < -0.3 is 15.4 Å². The molecular weight excluding hydrogens is 259 g/mol. The highest BCUT2D eigenvalue weighted by Gasteiger charge is 2.32. The summed E-state index contributed by atoms with van der Waals surface area (Å²) in [5.41, 5.74) is 6.34. The van der Waals surface area contributed by atoms with Gasteiger partial charge in [-0.3, -0.25) is 4.79 Å². The van der Waals surface area contributed by atoms with Crippen LogP contribution in [0.3, 0.4) is 0 Å². The van der Waals surface area contributed by atoms with Gasteiger partial charge in [0.05, 0.1) is 6.10 Å². The molecule has 0 saturated carbocycles. The molecule has 0 aromatic heterocycles. The van der Waals surface area contributed by atoms with Crippen LogP contribution in [0.1, 0.15) is 25.3 Å². The molecule has 1 amide bonds. The zero-order valence-corrected chi connectivity index (χ0v) is 11.7. The van der Waals surface area contributed by atoms with Crippen molar-refractivity contribution in [2.75, 3.05) is 13.1 Å². The zero-order chi connectivity index (χ0) is 14.5. The van der Waals surface area contributed by atoms with Crippen molar-refractivity contribution in [2.45, 2.75) is 38.5 Å². The number of likely N-dealkylation sites (N-methyl/N-ethyl adjacent to an activating group) is 1. The summed E-state index contributed by atoms with van der Waals surface area (Å²) < 4.78 is 18.8. The van der Waals surface area contributed by atoms with Gasteiger partial charge >= 0.3 is 0 Å². The van der Waals surface area contributed by atoms with Crippen LogP contribution in [0.4, 0.5) is 4.39 Å². The van der Waals surface area contributed by atoms with Gasteiger partial charge in [-0.1, -0.05) is 12.1 Å². The highest BCUT2D eigenvalue weighted by molar-refractivity contribution is 5.81. The van der Waals surface area contributed by atoms with E-state index in [4.69, 9.17) is 10.5 Å². The Morgan fingerprint density at radius 1 is 1.50 bits per heavy atom. The predicted molar refractivity (Wildman–Crippen MR) is 74.4 cm³/mol. The van der Waals surface area contributed by atoms with E-state index < -0.39 is 6.10 Å². The number of nitrogens with zero attached hydrogens (tertiary/aromatic N) is 1. The summed E-state index contributed by atoms with van der Waals surface area (Å²) in [5.74, 6) is -0.320. The summed E-state index contributed by atoms with van der Waals surface area (Å²) in [7, 11) is 0. The molecule has 0 bridgehead atoms. The standard InChI is InChI=1S/C15H21FN2O2/c1-2-18(10-11-4-3-5-12(16)8-11)15(19)14-7-6-13(9-17)20-14/h3-5,8,13-14H,2,6-7,9-10,17H2,1H3. The quantitative estimate of drug-likeness (QED) is 0.893. The van der Waals surface area contributed by atoms with Gasteiger partial charge in [0.2, 0.25) is 0 Å². The van der Waals surface area contributed by atoms with Crippen molar-refractivity contribution in [3.63, 3.8) is 0 Å². The average Bonchev–Trinajstić information content (AvgIpc) is 2.93. The number of halogens is 1. The molecule has 0 radical (unpaired) electrons. The lowest BCUT2D eigenvalue weighted by molar-refractivity contribution is -0.143. The lowest BCUT2D eigenvalue weighted by Crippen LogP contribution is -2.39. The molecule has 4 nitrogen and oxygen atoms in total. The number of carbonyl (C=O) groups is 1. The number of amides is 1. The fraction of sp³-hybridized carbons (Fsp3) is 0.533. The van der Waals surface area contributed by atoms with Gasteiger partial charge in [0.1, 0.15) is 11.9 Å². The minimum absolute atomic E-state index is 0.0168. The van der Waals surface area contributed by atoms with Gasteiger partial charge in [0.25, 0.3) is 5.91 Å². The molecule has 1 heterocycles. The molecule has 2 N–H and O–H groups in total. The van der Waals surface area contributed by atoms with E-state index in [-0.39, 0.29) is 17.8 Å². The van der Waals surface area contributed by atoms with Crippen LogP contribution < -0.4 is 5.73 Å². The van der Waals surface area contributed by atoms with E-state index >= 15 is 0 Å². The van der Waals surface area contributed by atoms with E-state index in [0.29, 0.717) is 26.1 Å². The number of benzene rings is 1. The smallest absolute Gasteiger partial charge is 0.252 e. The summed E-state index contributed by atoms with van der Waals surface area (Å²) in [6, 6.07) is 6.32. The van der Waals surface area contributed by atoms with Crippen LogP contribution in [0.15, 0.2) is 24.3 Å². The number of hydrogen-bond acceptors (Lipinski definition) is 3. The number of carbonyl (C=O) groups excluding carboxylic acids is 1. The first kappa shape index (κ1) is 14.9. The van der Waals surface area contributed by atoms with Crippen LogP contribution >= 0.6 is 0 Å². The Morgan fingerprint density at radius 2 is 2.30 bits per heavy atom. The van der Waals surface area contributed by atoms with E-state index in [1.54, 1.807) is 11.0 Å². The maximum absolute atomic E-state index is 13.2. The van der Waals surface area contributed by atoms with Crippen LogP contribution in [0.5, 0.6) is 0 Å². The molecule has 1 aliphatic heterocycles. The van der Waals surface area contributed by atoms with Crippen molar-refractivity contribution in [1.82, 2.24) is 4.90 Å². The van der Waals surface area contributed by atoms with Crippen molar-refractivity contribution in [3.05, 3.63) is 35.6 Å². The fourth-order valence-electron chi connectivity index (χ4n) is 2.47. The van der Waals surface area contributed by atoms with E-state index in [2.05, 4.69) is 0 Å². The zero-order valence-electron chi connectivity index (χ0n) is 11.7. The third kappa shape index (κ3) is 3.55. The Bertz CT molecular complexity index is 467. The Hall–Kier alpha value is -1.46. The number of ether oxygens (including phenoxy) is 1. The predicted octanol–water partition coefficient (Wildman–Crippen LogP) is 1.68. The molecule has 1 aromatic carbocycles. The van der Waals surface area contributed by atoms with E-state index in [9.17, 15) is 9.18 Å². The van der Waals surface area contributed by atoms with Gasteiger partial charge in [-0.2, -0.15) is 0 Å². The van der Waals surface area contributed by atoms with Crippen LogP contribution in [-0.2, 0) is 16.1 Å². The fourth-order valence-corrected chi connectivity index (χ4v) is 2.47. The summed E-state index contributed by atoms with van der Waals surface area (Å²) in [6.07, 6.45) is 1.11. The van der Waals surface area contributed by atoms with Crippen LogP contribution in [-0.4, -0.2) is 36.1 Å². The minimum atomic E-state index is -0.406. The molecule has 1 aliphatic rings. The van der Waals surface area contributed by atoms with E-state index in [1.165, 1.54) is 12.1 Å². The lowest BCUT2D eigenvalue weighted by Gasteiger charge is -2.24. The molecule has 1 fully saturated rings. The second kappa shape index (κ2) is 6.81. The number of nitrogens with two attached hydrogens (primary N) is 1. The average molecular weight is 280 g/mol. The van der Waals surface area contributed by atoms with Crippen molar-refractivity contribution < 1.29 is 13.9 Å². The first-order valence-electron chi connectivity index (χ1n) is 7.02. The maximum Gasteiger partial charge on any atom is 0.252 e. The summed E-state index contributed by atoms with van der Waals surface area (Å²) in [6.45, 7) is 3.33. The number of rotatable bonds is 5. The second-order valence-electron chi connectivity index (χ2n) is 5.04. The highest BCUT2D eigenvalue weighted by atomic mass is 19.1. The molecule has 2 rings (SSSR count). The van der Waals surface area contributed by atoms with Crippen LogP contribution in [0.2, 0.25) is 0 Å². The summed E-state index contributed by atoms with van der Waals surface area (Å²) in [4.78, 5) is 14.1. The molecular formula is C15H21FN2O2. The Kier molecular flexibility index (Phi) is 5.09. The molecule has 110 valence electrons. The SMILES string of the molecule is CCN(Cc1cccc(F)c1)C(=O)C1CCC(CN)O1. The molecule has 1 aromatic rings. The third-order valence-corrected chi connectivity index (χ3v) is 3.60. The minimum Gasteiger partial charge on any atom is -0.364 e. The normalized spacial score (nSPS) is 21.9. The summed E-state index contributed by atoms with van der Waals surface area (Å²) in [5, 5.41) is 0. The molecule has 2 unspecified atom stereocenters. The maximum atomic E-state index is 13.2.